The van der Waals surface area contributed by atoms with E-state index in [4.69, 9.17) is 12.2 Å². The minimum atomic E-state index is 0.290. The zero-order valence-corrected chi connectivity index (χ0v) is 13.5. The van der Waals surface area contributed by atoms with Crippen LogP contribution in [0.25, 0.3) is 0 Å². The minimum Gasteiger partial charge on any atom is -0.359 e. The first kappa shape index (κ1) is 16.0. The molecule has 114 valence electrons. The SMILES string of the molecule is CC(C)NC(=S)N/N=C/c1ccc(Nc2ccccc2)cc1. The van der Waals surface area contributed by atoms with Crippen LogP contribution in [0.15, 0.2) is 59.7 Å². The maximum absolute atomic E-state index is 5.09. The average molecular weight is 312 g/mol. The fourth-order valence-corrected chi connectivity index (χ4v) is 2.09. The van der Waals surface area contributed by atoms with Crippen molar-refractivity contribution in [3.63, 3.8) is 0 Å². The summed E-state index contributed by atoms with van der Waals surface area (Å²) < 4.78 is 0. The Bertz CT molecular complexity index is 621. The molecule has 0 fully saturated rings. The lowest BCUT2D eigenvalue weighted by atomic mass is 10.2. The van der Waals surface area contributed by atoms with Crippen molar-refractivity contribution in [1.29, 1.82) is 0 Å². The number of thiocarbonyl (C=S) groups is 1. The molecular weight excluding hydrogens is 292 g/mol. The molecule has 2 aromatic carbocycles. The number of anilines is 2. The summed E-state index contributed by atoms with van der Waals surface area (Å²) in [5.41, 5.74) is 5.89. The summed E-state index contributed by atoms with van der Waals surface area (Å²) in [5.74, 6) is 0. The van der Waals surface area contributed by atoms with E-state index in [1.807, 2.05) is 68.4 Å². The Labute approximate surface area is 136 Å². The normalized spacial score (nSPS) is 10.7. The molecule has 0 unspecified atom stereocenters. The molecule has 0 aliphatic rings. The molecular formula is C17H20N4S. The average Bonchev–Trinajstić information content (AvgIpc) is 2.49. The van der Waals surface area contributed by atoms with Crippen molar-refractivity contribution in [2.75, 3.05) is 5.32 Å². The molecule has 22 heavy (non-hydrogen) atoms. The third-order valence-corrected chi connectivity index (χ3v) is 2.98. The van der Waals surface area contributed by atoms with Gasteiger partial charge in [0.15, 0.2) is 5.11 Å². The van der Waals surface area contributed by atoms with E-state index in [1.165, 1.54) is 0 Å². The molecule has 0 spiro atoms. The van der Waals surface area contributed by atoms with E-state index in [0.717, 1.165) is 16.9 Å². The van der Waals surface area contributed by atoms with Crippen molar-refractivity contribution >= 4 is 34.9 Å². The molecule has 5 heteroatoms. The van der Waals surface area contributed by atoms with Gasteiger partial charge in [0.05, 0.1) is 6.21 Å². The van der Waals surface area contributed by atoms with Crippen LogP contribution in [0.4, 0.5) is 11.4 Å². The third-order valence-electron chi connectivity index (χ3n) is 2.77. The highest BCUT2D eigenvalue weighted by Crippen LogP contribution is 2.15. The smallest absolute Gasteiger partial charge is 0.187 e. The Hall–Kier alpha value is -2.40. The molecule has 0 saturated heterocycles. The van der Waals surface area contributed by atoms with Gasteiger partial charge in [-0.15, -0.1) is 0 Å². The number of rotatable bonds is 5. The van der Waals surface area contributed by atoms with E-state index in [-0.39, 0.29) is 0 Å². The zero-order chi connectivity index (χ0) is 15.8. The molecule has 0 aromatic heterocycles. The Morgan fingerprint density at radius 3 is 2.27 bits per heavy atom. The molecule has 0 atom stereocenters. The molecule has 0 saturated carbocycles. The van der Waals surface area contributed by atoms with E-state index in [2.05, 4.69) is 21.2 Å². The van der Waals surface area contributed by atoms with Crippen LogP contribution in [0.5, 0.6) is 0 Å². The van der Waals surface area contributed by atoms with Gasteiger partial charge in [0.25, 0.3) is 0 Å². The molecule has 0 bridgehead atoms. The molecule has 0 heterocycles. The van der Waals surface area contributed by atoms with Gasteiger partial charge < -0.3 is 10.6 Å². The fourth-order valence-electron chi connectivity index (χ4n) is 1.80. The van der Waals surface area contributed by atoms with Gasteiger partial charge >= 0.3 is 0 Å². The lowest BCUT2D eigenvalue weighted by Crippen LogP contribution is -2.36. The first-order chi connectivity index (χ1) is 10.6. The number of benzene rings is 2. The van der Waals surface area contributed by atoms with Crippen LogP contribution in [-0.2, 0) is 0 Å². The third kappa shape index (κ3) is 5.54. The molecule has 0 radical (unpaired) electrons. The predicted molar refractivity (Wildman–Crippen MR) is 97.8 cm³/mol. The Morgan fingerprint density at radius 1 is 1.00 bits per heavy atom. The van der Waals surface area contributed by atoms with Gasteiger partial charge in [-0.25, -0.2) is 0 Å². The Morgan fingerprint density at radius 2 is 1.64 bits per heavy atom. The molecule has 2 aromatic rings. The first-order valence-electron chi connectivity index (χ1n) is 7.15. The van der Waals surface area contributed by atoms with Crippen LogP contribution in [0.2, 0.25) is 0 Å². The van der Waals surface area contributed by atoms with Crippen LogP contribution in [0.3, 0.4) is 0 Å². The van der Waals surface area contributed by atoms with E-state index in [0.29, 0.717) is 11.2 Å². The van der Waals surface area contributed by atoms with Gasteiger partial charge in [0.2, 0.25) is 0 Å². The Kier molecular flexibility index (Phi) is 5.91. The predicted octanol–water partition coefficient (Wildman–Crippen LogP) is 3.64. The fraction of sp³-hybridized carbons (Fsp3) is 0.176. The van der Waals surface area contributed by atoms with Gasteiger partial charge in [-0.3, -0.25) is 5.43 Å². The first-order valence-corrected chi connectivity index (χ1v) is 7.56. The summed E-state index contributed by atoms with van der Waals surface area (Å²) in [6.45, 7) is 4.05. The van der Waals surface area contributed by atoms with Crippen molar-refractivity contribution in [3.8, 4) is 0 Å². The van der Waals surface area contributed by atoms with Gasteiger partial charge in [0, 0.05) is 17.4 Å². The second kappa shape index (κ2) is 8.14. The van der Waals surface area contributed by atoms with Crippen LogP contribution >= 0.6 is 12.2 Å². The topological polar surface area (TPSA) is 48.5 Å². The van der Waals surface area contributed by atoms with Gasteiger partial charge in [-0.05, 0) is 55.9 Å². The second-order valence-electron chi connectivity index (χ2n) is 5.11. The van der Waals surface area contributed by atoms with E-state index < -0.39 is 0 Å². The van der Waals surface area contributed by atoms with Crippen molar-refractivity contribution in [1.82, 2.24) is 10.7 Å². The number of hydrogen-bond donors (Lipinski definition) is 3. The number of nitrogens with one attached hydrogen (secondary N) is 3. The number of nitrogens with zero attached hydrogens (tertiary/aromatic N) is 1. The van der Waals surface area contributed by atoms with Crippen LogP contribution in [0, 0.1) is 0 Å². The molecule has 0 aliphatic heterocycles. The summed E-state index contributed by atoms with van der Waals surface area (Å²) in [7, 11) is 0. The van der Waals surface area contributed by atoms with Gasteiger partial charge in [-0.1, -0.05) is 30.3 Å². The molecule has 0 aliphatic carbocycles. The highest BCUT2D eigenvalue weighted by Gasteiger charge is 1.96. The summed E-state index contributed by atoms with van der Waals surface area (Å²) in [6, 6.07) is 18.4. The largest absolute Gasteiger partial charge is 0.359 e. The van der Waals surface area contributed by atoms with Crippen molar-refractivity contribution in [2.45, 2.75) is 19.9 Å². The summed E-state index contributed by atoms with van der Waals surface area (Å²) in [6.07, 6.45) is 1.74. The van der Waals surface area contributed by atoms with Crippen LogP contribution < -0.4 is 16.1 Å². The zero-order valence-electron chi connectivity index (χ0n) is 12.7. The maximum Gasteiger partial charge on any atom is 0.187 e. The molecule has 4 nitrogen and oxygen atoms in total. The number of hydrogen-bond acceptors (Lipinski definition) is 3. The van der Waals surface area contributed by atoms with Crippen molar-refractivity contribution in [2.24, 2.45) is 5.10 Å². The lowest BCUT2D eigenvalue weighted by Gasteiger charge is -2.09. The quantitative estimate of drug-likeness (QED) is 0.448. The Balaban J connectivity index is 1.88. The summed E-state index contributed by atoms with van der Waals surface area (Å²) in [4.78, 5) is 0. The summed E-state index contributed by atoms with van der Waals surface area (Å²) in [5, 5.41) is 11.0. The van der Waals surface area contributed by atoms with Crippen molar-refractivity contribution < 1.29 is 0 Å². The van der Waals surface area contributed by atoms with Crippen LogP contribution in [0.1, 0.15) is 19.4 Å². The number of hydrazone groups is 1. The number of para-hydroxylation sites is 1. The van der Waals surface area contributed by atoms with E-state index >= 15 is 0 Å². The van der Waals surface area contributed by atoms with E-state index in [1.54, 1.807) is 6.21 Å². The van der Waals surface area contributed by atoms with Crippen LogP contribution in [-0.4, -0.2) is 17.4 Å². The highest BCUT2D eigenvalue weighted by molar-refractivity contribution is 7.80. The van der Waals surface area contributed by atoms with Gasteiger partial charge in [-0.2, -0.15) is 5.10 Å². The highest BCUT2D eigenvalue weighted by atomic mass is 32.1. The monoisotopic (exact) mass is 312 g/mol. The minimum absolute atomic E-state index is 0.290. The molecule has 3 N–H and O–H groups in total. The molecule has 2 rings (SSSR count). The van der Waals surface area contributed by atoms with Gasteiger partial charge in [0.1, 0.15) is 0 Å². The summed E-state index contributed by atoms with van der Waals surface area (Å²) >= 11 is 5.09. The molecule has 0 amide bonds. The van der Waals surface area contributed by atoms with E-state index in [9.17, 15) is 0 Å². The lowest BCUT2D eigenvalue weighted by molar-refractivity contribution is 0.720. The maximum atomic E-state index is 5.09. The van der Waals surface area contributed by atoms with Crippen molar-refractivity contribution in [3.05, 3.63) is 60.2 Å². The standard InChI is InChI=1S/C17H20N4S/c1-13(2)19-17(22)21-18-12-14-8-10-16(11-9-14)20-15-6-4-3-5-7-15/h3-13,20H,1-2H3,(H2,19,21,22)/b18-12+. The second-order valence-corrected chi connectivity index (χ2v) is 5.52.